The summed E-state index contributed by atoms with van der Waals surface area (Å²) in [7, 11) is -3.86. The molecule has 0 aliphatic heterocycles. The van der Waals surface area contributed by atoms with E-state index in [-0.39, 0.29) is 9.79 Å². The fourth-order valence-electron chi connectivity index (χ4n) is 2.82. The van der Waals surface area contributed by atoms with Gasteiger partial charge < -0.3 is 9.47 Å². The highest BCUT2D eigenvalue weighted by Gasteiger charge is 2.19. The number of ether oxygens (including phenoxy) is 2. The Bertz CT molecular complexity index is 1210. The number of hydrogen-bond acceptors (Lipinski definition) is 4. The van der Waals surface area contributed by atoms with Gasteiger partial charge in [-0.05, 0) is 84.9 Å². The van der Waals surface area contributed by atoms with Crippen molar-refractivity contribution in [2.24, 2.45) is 0 Å². The van der Waals surface area contributed by atoms with Crippen LogP contribution in [-0.4, -0.2) is 8.42 Å². The summed E-state index contributed by atoms with van der Waals surface area (Å²) in [4.78, 5) is 0.0667. The third-order valence-electron chi connectivity index (χ3n) is 4.33. The SMILES string of the molecule is O=S(=O)(c1cccc(Oc2ccc(F)cc2)c1)c1cccc(Oc2ccc(F)cc2)c1. The van der Waals surface area contributed by atoms with E-state index in [1.54, 1.807) is 24.3 Å². The lowest BCUT2D eigenvalue weighted by Gasteiger charge is -2.10. The minimum absolute atomic E-state index is 0.0334. The minimum atomic E-state index is -3.86. The van der Waals surface area contributed by atoms with Crippen LogP contribution < -0.4 is 9.47 Å². The van der Waals surface area contributed by atoms with Crippen LogP contribution in [0.25, 0.3) is 0 Å². The summed E-state index contributed by atoms with van der Waals surface area (Å²) in [5.41, 5.74) is 0. The molecule has 0 fully saturated rings. The Morgan fingerprint density at radius 1 is 0.516 bits per heavy atom. The van der Waals surface area contributed by atoms with Crippen molar-refractivity contribution in [3.8, 4) is 23.0 Å². The molecule has 0 atom stereocenters. The van der Waals surface area contributed by atoms with Gasteiger partial charge in [0.1, 0.15) is 34.6 Å². The van der Waals surface area contributed by atoms with Crippen LogP contribution in [0.2, 0.25) is 0 Å². The van der Waals surface area contributed by atoms with E-state index in [9.17, 15) is 17.2 Å². The topological polar surface area (TPSA) is 52.6 Å². The maximum absolute atomic E-state index is 13.1. The van der Waals surface area contributed by atoms with E-state index >= 15 is 0 Å². The Kier molecular flexibility index (Phi) is 5.68. The molecule has 0 bridgehead atoms. The van der Waals surface area contributed by atoms with Crippen LogP contribution in [0.4, 0.5) is 8.78 Å². The third kappa shape index (κ3) is 4.90. The van der Waals surface area contributed by atoms with Crippen molar-refractivity contribution >= 4 is 9.84 Å². The van der Waals surface area contributed by atoms with E-state index in [0.717, 1.165) is 0 Å². The molecule has 0 amide bonds. The lowest BCUT2D eigenvalue weighted by molar-refractivity contribution is 0.478. The smallest absolute Gasteiger partial charge is 0.206 e. The highest BCUT2D eigenvalue weighted by Crippen LogP contribution is 2.30. The van der Waals surface area contributed by atoms with Crippen molar-refractivity contribution in [3.05, 3.63) is 109 Å². The maximum atomic E-state index is 13.1. The molecule has 0 N–H and O–H groups in total. The van der Waals surface area contributed by atoms with Crippen molar-refractivity contribution in [2.75, 3.05) is 0 Å². The zero-order valence-corrected chi connectivity index (χ0v) is 16.9. The van der Waals surface area contributed by atoms with Crippen LogP contribution in [0, 0.1) is 11.6 Å². The highest BCUT2D eigenvalue weighted by atomic mass is 32.2. The summed E-state index contributed by atoms with van der Waals surface area (Å²) >= 11 is 0. The van der Waals surface area contributed by atoms with E-state index in [0.29, 0.717) is 23.0 Å². The lowest BCUT2D eigenvalue weighted by atomic mass is 10.3. The van der Waals surface area contributed by atoms with Gasteiger partial charge in [-0.1, -0.05) is 12.1 Å². The van der Waals surface area contributed by atoms with Crippen molar-refractivity contribution in [2.45, 2.75) is 9.79 Å². The van der Waals surface area contributed by atoms with Gasteiger partial charge in [-0.15, -0.1) is 0 Å². The molecule has 0 radical (unpaired) electrons. The second-order valence-electron chi connectivity index (χ2n) is 6.57. The first kappa shape index (κ1) is 20.6. The number of benzene rings is 4. The predicted molar refractivity (Wildman–Crippen MR) is 111 cm³/mol. The standard InChI is InChI=1S/C24H16F2O4S/c25-17-7-11-19(12-8-17)29-21-3-1-5-23(15-21)31(27,28)24-6-2-4-22(16-24)30-20-13-9-18(26)10-14-20/h1-16H. The second kappa shape index (κ2) is 8.57. The molecule has 0 unspecified atom stereocenters. The Hall–Kier alpha value is -3.71. The number of hydrogen-bond donors (Lipinski definition) is 0. The average Bonchev–Trinajstić information content (AvgIpc) is 2.77. The van der Waals surface area contributed by atoms with E-state index in [1.807, 2.05) is 0 Å². The molecule has 4 aromatic rings. The Labute approximate surface area is 178 Å². The van der Waals surface area contributed by atoms with Crippen LogP contribution in [-0.2, 0) is 9.84 Å². The Balaban J connectivity index is 1.59. The minimum Gasteiger partial charge on any atom is -0.457 e. The molecule has 7 heteroatoms. The molecule has 0 spiro atoms. The van der Waals surface area contributed by atoms with Gasteiger partial charge in [0.2, 0.25) is 9.84 Å². The molecule has 0 aliphatic rings. The lowest BCUT2D eigenvalue weighted by Crippen LogP contribution is -2.02. The van der Waals surface area contributed by atoms with Gasteiger partial charge in [-0.2, -0.15) is 0 Å². The van der Waals surface area contributed by atoms with Crippen LogP contribution in [0.1, 0.15) is 0 Å². The van der Waals surface area contributed by atoms with Crippen molar-refractivity contribution in [1.82, 2.24) is 0 Å². The molecular formula is C24H16F2O4S. The number of sulfone groups is 1. The molecule has 0 saturated heterocycles. The monoisotopic (exact) mass is 438 g/mol. The fourth-order valence-corrected chi connectivity index (χ4v) is 4.15. The summed E-state index contributed by atoms with van der Waals surface area (Å²) < 4.78 is 63.6. The van der Waals surface area contributed by atoms with Crippen molar-refractivity contribution in [1.29, 1.82) is 0 Å². The zero-order chi connectivity index (χ0) is 21.8. The first-order chi connectivity index (χ1) is 14.9. The van der Waals surface area contributed by atoms with E-state index in [4.69, 9.17) is 9.47 Å². The summed E-state index contributed by atoms with van der Waals surface area (Å²) in [6, 6.07) is 22.9. The predicted octanol–water partition coefficient (Wildman–Crippen LogP) is 6.38. The van der Waals surface area contributed by atoms with Crippen molar-refractivity contribution in [3.63, 3.8) is 0 Å². The summed E-state index contributed by atoms with van der Waals surface area (Å²) in [5.74, 6) is 0.562. The molecule has 4 nitrogen and oxygen atoms in total. The number of rotatable bonds is 6. The van der Waals surface area contributed by atoms with Gasteiger partial charge in [0, 0.05) is 0 Å². The first-order valence-electron chi connectivity index (χ1n) is 9.22. The molecule has 4 aromatic carbocycles. The summed E-state index contributed by atoms with van der Waals surface area (Å²) in [6.45, 7) is 0. The summed E-state index contributed by atoms with van der Waals surface area (Å²) in [6.07, 6.45) is 0. The molecule has 31 heavy (non-hydrogen) atoms. The van der Waals surface area contributed by atoms with Crippen LogP contribution in [0.5, 0.6) is 23.0 Å². The largest absolute Gasteiger partial charge is 0.457 e. The van der Waals surface area contributed by atoms with Gasteiger partial charge in [-0.25, -0.2) is 17.2 Å². The molecule has 0 aromatic heterocycles. The van der Waals surface area contributed by atoms with E-state index in [2.05, 4.69) is 0 Å². The van der Waals surface area contributed by atoms with E-state index < -0.39 is 21.5 Å². The van der Waals surface area contributed by atoms with Gasteiger partial charge in [0.05, 0.1) is 9.79 Å². The Morgan fingerprint density at radius 3 is 1.29 bits per heavy atom. The quantitative estimate of drug-likeness (QED) is 0.350. The van der Waals surface area contributed by atoms with Gasteiger partial charge in [-0.3, -0.25) is 0 Å². The maximum Gasteiger partial charge on any atom is 0.206 e. The molecule has 156 valence electrons. The molecule has 0 saturated carbocycles. The van der Waals surface area contributed by atoms with Gasteiger partial charge in [0.15, 0.2) is 0 Å². The zero-order valence-electron chi connectivity index (χ0n) is 16.0. The Morgan fingerprint density at radius 2 is 0.903 bits per heavy atom. The van der Waals surface area contributed by atoms with E-state index in [1.165, 1.54) is 72.8 Å². The third-order valence-corrected chi connectivity index (χ3v) is 6.08. The normalized spacial score (nSPS) is 11.2. The molecule has 0 heterocycles. The fraction of sp³-hybridized carbons (Fsp3) is 0. The van der Waals surface area contributed by atoms with Crippen LogP contribution >= 0.6 is 0 Å². The summed E-state index contributed by atoms with van der Waals surface area (Å²) in [5, 5.41) is 0. The van der Waals surface area contributed by atoms with Crippen molar-refractivity contribution < 1.29 is 26.7 Å². The van der Waals surface area contributed by atoms with Gasteiger partial charge in [0.25, 0.3) is 0 Å². The first-order valence-corrected chi connectivity index (χ1v) is 10.7. The average molecular weight is 438 g/mol. The van der Waals surface area contributed by atoms with Crippen LogP contribution in [0.15, 0.2) is 107 Å². The molecular weight excluding hydrogens is 422 g/mol. The molecule has 0 aliphatic carbocycles. The second-order valence-corrected chi connectivity index (χ2v) is 8.51. The highest BCUT2D eigenvalue weighted by molar-refractivity contribution is 7.91. The van der Waals surface area contributed by atoms with Gasteiger partial charge >= 0.3 is 0 Å². The van der Waals surface area contributed by atoms with Crippen LogP contribution in [0.3, 0.4) is 0 Å². The molecule has 4 rings (SSSR count). The number of halogens is 2.